The van der Waals surface area contributed by atoms with Gasteiger partial charge in [-0.05, 0) is 38.8 Å². The molecule has 1 rings (SSSR count). The number of hydrogen-bond acceptors (Lipinski definition) is 2. The molecule has 14 heavy (non-hydrogen) atoms. The molecule has 3 atom stereocenters. The number of piperidine rings is 1. The van der Waals surface area contributed by atoms with E-state index in [4.69, 9.17) is 0 Å². The summed E-state index contributed by atoms with van der Waals surface area (Å²) in [5.74, 6) is 1.55. The van der Waals surface area contributed by atoms with Gasteiger partial charge in [0.15, 0.2) is 0 Å². The summed E-state index contributed by atoms with van der Waals surface area (Å²) in [6.07, 6.45) is 1.30. The van der Waals surface area contributed by atoms with Crippen LogP contribution in [0.4, 0.5) is 0 Å². The molecule has 1 aliphatic heterocycles. The number of nitrogens with zero attached hydrogens (tertiary/aromatic N) is 1. The molecule has 0 amide bonds. The highest BCUT2D eigenvalue weighted by Gasteiger charge is 2.28. The monoisotopic (exact) mass is 198 g/mol. The first-order valence-electron chi connectivity index (χ1n) is 5.94. The van der Waals surface area contributed by atoms with Gasteiger partial charge in [0.25, 0.3) is 0 Å². The van der Waals surface area contributed by atoms with Gasteiger partial charge in [0.05, 0.1) is 0 Å². The molecule has 84 valence electrons. The van der Waals surface area contributed by atoms with Crippen molar-refractivity contribution in [3.63, 3.8) is 0 Å². The maximum Gasteiger partial charge on any atom is 0.0120 e. The Bertz CT molecular complexity index is 168. The summed E-state index contributed by atoms with van der Waals surface area (Å²) in [5, 5.41) is 3.70. The predicted octanol–water partition coefficient (Wildman–Crippen LogP) is 1.96. The molecule has 0 saturated carbocycles. The Hall–Kier alpha value is -0.0800. The minimum Gasteiger partial charge on any atom is -0.313 e. The Balaban J connectivity index is 2.37. The van der Waals surface area contributed by atoms with Gasteiger partial charge in [-0.2, -0.15) is 0 Å². The molecule has 2 nitrogen and oxygen atoms in total. The second-order valence-electron chi connectivity index (χ2n) is 5.41. The third-order valence-electron chi connectivity index (χ3n) is 3.40. The largest absolute Gasteiger partial charge is 0.313 e. The first-order chi connectivity index (χ1) is 6.50. The van der Waals surface area contributed by atoms with E-state index >= 15 is 0 Å². The second kappa shape index (κ2) is 5.13. The first-order valence-corrected chi connectivity index (χ1v) is 5.94. The van der Waals surface area contributed by atoms with Crippen molar-refractivity contribution in [2.75, 3.05) is 20.1 Å². The molecule has 0 aromatic heterocycles. The summed E-state index contributed by atoms with van der Waals surface area (Å²) in [6.45, 7) is 11.6. The van der Waals surface area contributed by atoms with Gasteiger partial charge in [-0.25, -0.2) is 0 Å². The number of likely N-dealkylation sites (tertiary alicyclic amines) is 1. The van der Waals surface area contributed by atoms with Gasteiger partial charge in [0.2, 0.25) is 0 Å². The third kappa shape index (κ3) is 3.25. The van der Waals surface area contributed by atoms with Crippen LogP contribution >= 0.6 is 0 Å². The maximum atomic E-state index is 3.70. The second-order valence-corrected chi connectivity index (χ2v) is 5.41. The Labute approximate surface area is 89.1 Å². The average molecular weight is 198 g/mol. The van der Waals surface area contributed by atoms with Crippen molar-refractivity contribution < 1.29 is 0 Å². The highest BCUT2D eigenvalue weighted by atomic mass is 15.2. The van der Waals surface area contributed by atoms with Crippen LogP contribution in [0.5, 0.6) is 0 Å². The van der Waals surface area contributed by atoms with Gasteiger partial charge in [-0.3, -0.25) is 0 Å². The highest BCUT2D eigenvalue weighted by Crippen LogP contribution is 2.20. The molecular formula is C12H26N2. The number of nitrogens with one attached hydrogen (secondary N) is 1. The molecule has 1 fully saturated rings. The van der Waals surface area contributed by atoms with Crippen molar-refractivity contribution in [2.24, 2.45) is 11.8 Å². The molecular weight excluding hydrogens is 172 g/mol. The standard InChI is InChI=1S/C12H26N2/c1-9(2)7-13-12-6-11(4)14(5)8-10(12)3/h9-13H,6-8H2,1-5H3/t10-,11-,12+/m1/s1. The first kappa shape index (κ1) is 12.0. The molecule has 0 bridgehead atoms. The van der Waals surface area contributed by atoms with E-state index in [0.717, 1.165) is 30.5 Å². The summed E-state index contributed by atoms with van der Waals surface area (Å²) in [7, 11) is 2.24. The lowest BCUT2D eigenvalue weighted by Gasteiger charge is -2.40. The Kier molecular flexibility index (Phi) is 4.39. The zero-order valence-electron chi connectivity index (χ0n) is 10.4. The lowest BCUT2D eigenvalue weighted by molar-refractivity contribution is 0.120. The Morgan fingerprint density at radius 1 is 1.36 bits per heavy atom. The van der Waals surface area contributed by atoms with Gasteiger partial charge in [0, 0.05) is 18.6 Å². The molecule has 1 aliphatic rings. The minimum absolute atomic E-state index is 0.726. The van der Waals surface area contributed by atoms with Crippen LogP contribution in [0.15, 0.2) is 0 Å². The van der Waals surface area contributed by atoms with Crippen molar-refractivity contribution in [1.82, 2.24) is 10.2 Å². The summed E-state index contributed by atoms with van der Waals surface area (Å²) >= 11 is 0. The average Bonchev–Trinajstić information content (AvgIpc) is 2.09. The maximum absolute atomic E-state index is 3.70. The van der Waals surface area contributed by atoms with Gasteiger partial charge in [-0.15, -0.1) is 0 Å². The molecule has 1 heterocycles. The van der Waals surface area contributed by atoms with E-state index in [1.165, 1.54) is 13.0 Å². The van der Waals surface area contributed by atoms with Crippen LogP contribution in [-0.4, -0.2) is 37.1 Å². The zero-order chi connectivity index (χ0) is 10.7. The number of hydrogen-bond donors (Lipinski definition) is 1. The fraction of sp³-hybridized carbons (Fsp3) is 1.00. The molecule has 1 saturated heterocycles. The summed E-state index contributed by atoms with van der Waals surface area (Å²) < 4.78 is 0. The summed E-state index contributed by atoms with van der Waals surface area (Å²) in [5.41, 5.74) is 0. The molecule has 0 aliphatic carbocycles. The van der Waals surface area contributed by atoms with Crippen LogP contribution in [0.2, 0.25) is 0 Å². The van der Waals surface area contributed by atoms with Crippen LogP contribution in [0.25, 0.3) is 0 Å². The fourth-order valence-corrected chi connectivity index (χ4v) is 2.21. The SMILES string of the molecule is CC(C)CN[C@H]1C[C@@H](C)N(C)C[C@H]1C. The van der Waals surface area contributed by atoms with E-state index in [1.807, 2.05) is 0 Å². The van der Waals surface area contributed by atoms with Gasteiger partial charge < -0.3 is 10.2 Å². The van der Waals surface area contributed by atoms with Gasteiger partial charge >= 0.3 is 0 Å². The quantitative estimate of drug-likeness (QED) is 0.746. The summed E-state index contributed by atoms with van der Waals surface area (Å²) in [6, 6.07) is 1.46. The van der Waals surface area contributed by atoms with Gasteiger partial charge in [-0.1, -0.05) is 20.8 Å². The molecule has 2 heteroatoms. The van der Waals surface area contributed by atoms with Crippen LogP contribution in [0.1, 0.15) is 34.1 Å². The molecule has 0 aromatic carbocycles. The van der Waals surface area contributed by atoms with E-state index < -0.39 is 0 Å². The zero-order valence-corrected chi connectivity index (χ0v) is 10.4. The normalized spacial score (nSPS) is 35.1. The number of rotatable bonds is 3. The van der Waals surface area contributed by atoms with Crippen LogP contribution in [0.3, 0.4) is 0 Å². The van der Waals surface area contributed by atoms with Crippen LogP contribution in [-0.2, 0) is 0 Å². The van der Waals surface area contributed by atoms with Crippen LogP contribution in [0, 0.1) is 11.8 Å². The minimum atomic E-state index is 0.726. The van der Waals surface area contributed by atoms with E-state index in [2.05, 4.69) is 45.0 Å². The van der Waals surface area contributed by atoms with Crippen molar-refractivity contribution >= 4 is 0 Å². The molecule has 0 radical (unpaired) electrons. The Morgan fingerprint density at radius 2 is 2.00 bits per heavy atom. The highest BCUT2D eigenvalue weighted by molar-refractivity contribution is 4.86. The van der Waals surface area contributed by atoms with E-state index in [-0.39, 0.29) is 0 Å². The third-order valence-corrected chi connectivity index (χ3v) is 3.40. The van der Waals surface area contributed by atoms with Crippen molar-refractivity contribution in [1.29, 1.82) is 0 Å². The lowest BCUT2D eigenvalue weighted by atomic mass is 9.89. The molecule has 1 N–H and O–H groups in total. The lowest BCUT2D eigenvalue weighted by Crippen LogP contribution is -2.51. The molecule has 0 aromatic rings. The van der Waals surface area contributed by atoms with Crippen molar-refractivity contribution in [2.45, 2.75) is 46.2 Å². The molecule has 0 unspecified atom stereocenters. The van der Waals surface area contributed by atoms with E-state index in [1.54, 1.807) is 0 Å². The smallest absolute Gasteiger partial charge is 0.0120 e. The topological polar surface area (TPSA) is 15.3 Å². The van der Waals surface area contributed by atoms with Crippen LogP contribution < -0.4 is 5.32 Å². The predicted molar refractivity (Wildman–Crippen MR) is 62.5 cm³/mol. The molecule has 0 spiro atoms. The fourth-order valence-electron chi connectivity index (χ4n) is 2.21. The van der Waals surface area contributed by atoms with Crippen molar-refractivity contribution in [3.8, 4) is 0 Å². The van der Waals surface area contributed by atoms with E-state index in [9.17, 15) is 0 Å². The Morgan fingerprint density at radius 3 is 2.57 bits per heavy atom. The summed E-state index contributed by atoms with van der Waals surface area (Å²) in [4.78, 5) is 2.47. The van der Waals surface area contributed by atoms with E-state index in [0.29, 0.717) is 0 Å². The van der Waals surface area contributed by atoms with Crippen molar-refractivity contribution in [3.05, 3.63) is 0 Å². The van der Waals surface area contributed by atoms with Gasteiger partial charge in [0.1, 0.15) is 0 Å².